The molecule has 0 radical (unpaired) electrons. The Kier molecular flexibility index (Phi) is 4.73. The summed E-state index contributed by atoms with van der Waals surface area (Å²) >= 11 is 0. The Morgan fingerprint density at radius 3 is 2.38 bits per heavy atom. The van der Waals surface area contributed by atoms with E-state index < -0.39 is 0 Å². The third-order valence-electron chi connectivity index (χ3n) is 3.54. The van der Waals surface area contributed by atoms with Crippen LogP contribution in [0.2, 0.25) is 0 Å². The average Bonchev–Trinajstić information content (AvgIpc) is 2.77. The first-order valence-corrected chi connectivity index (χ1v) is 7.36. The summed E-state index contributed by atoms with van der Waals surface area (Å²) in [5.41, 5.74) is 2.65. The maximum absolute atomic E-state index is 5.79. The van der Waals surface area contributed by atoms with E-state index in [2.05, 4.69) is 44.3 Å². The summed E-state index contributed by atoms with van der Waals surface area (Å²) in [5.74, 6) is 2.68. The van der Waals surface area contributed by atoms with E-state index in [0.717, 1.165) is 23.8 Å². The van der Waals surface area contributed by atoms with Crippen molar-refractivity contribution >= 4 is 0 Å². The van der Waals surface area contributed by atoms with Crippen LogP contribution in [0.25, 0.3) is 0 Å². The molecule has 0 aliphatic rings. The molecule has 3 nitrogen and oxygen atoms in total. The van der Waals surface area contributed by atoms with E-state index in [1.54, 1.807) is 0 Å². The lowest BCUT2D eigenvalue weighted by atomic mass is 9.87. The molecule has 21 heavy (non-hydrogen) atoms. The SMILES string of the molecule is CNCc1cc(COc2ccc(C(C)(C)C)cc2)oc1C. The fourth-order valence-corrected chi connectivity index (χ4v) is 2.23. The summed E-state index contributed by atoms with van der Waals surface area (Å²) < 4.78 is 11.5. The van der Waals surface area contributed by atoms with Crippen molar-refractivity contribution < 1.29 is 9.15 Å². The van der Waals surface area contributed by atoms with Gasteiger partial charge in [-0.2, -0.15) is 0 Å². The smallest absolute Gasteiger partial charge is 0.146 e. The Balaban J connectivity index is 1.98. The molecule has 1 aromatic carbocycles. The molecule has 2 rings (SSSR count). The molecule has 3 heteroatoms. The van der Waals surface area contributed by atoms with Crippen molar-refractivity contribution in [1.82, 2.24) is 5.32 Å². The number of furan rings is 1. The zero-order chi connectivity index (χ0) is 15.5. The van der Waals surface area contributed by atoms with Crippen LogP contribution in [0, 0.1) is 6.92 Å². The maximum atomic E-state index is 5.79. The number of hydrogen-bond donors (Lipinski definition) is 1. The molecule has 0 atom stereocenters. The standard InChI is InChI=1S/C18H25NO2/c1-13-14(11-19-5)10-17(21-13)12-20-16-8-6-15(7-9-16)18(2,3)4/h6-10,19H,11-12H2,1-5H3. The van der Waals surface area contributed by atoms with Crippen LogP contribution < -0.4 is 10.1 Å². The molecule has 114 valence electrons. The van der Waals surface area contributed by atoms with Gasteiger partial charge in [-0.05, 0) is 43.1 Å². The average molecular weight is 287 g/mol. The first-order valence-electron chi connectivity index (χ1n) is 7.36. The molecule has 0 aliphatic carbocycles. The lowest BCUT2D eigenvalue weighted by molar-refractivity contribution is 0.267. The number of rotatable bonds is 5. The zero-order valence-electron chi connectivity index (χ0n) is 13.6. The molecule has 0 saturated carbocycles. The third-order valence-corrected chi connectivity index (χ3v) is 3.54. The van der Waals surface area contributed by atoms with E-state index >= 15 is 0 Å². The normalized spacial score (nSPS) is 11.7. The van der Waals surface area contributed by atoms with Crippen molar-refractivity contribution in [2.75, 3.05) is 7.05 Å². The fourth-order valence-electron chi connectivity index (χ4n) is 2.23. The summed E-state index contributed by atoms with van der Waals surface area (Å²) in [6.07, 6.45) is 0. The predicted molar refractivity (Wildman–Crippen MR) is 85.7 cm³/mol. The fraction of sp³-hybridized carbons (Fsp3) is 0.444. The number of nitrogens with one attached hydrogen (secondary N) is 1. The highest BCUT2D eigenvalue weighted by atomic mass is 16.5. The van der Waals surface area contributed by atoms with Crippen LogP contribution in [-0.4, -0.2) is 7.05 Å². The topological polar surface area (TPSA) is 34.4 Å². The Labute approximate surface area is 127 Å². The monoisotopic (exact) mass is 287 g/mol. The van der Waals surface area contributed by atoms with E-state index in [4.69, 9.17) is 9.15 Å². The van der Waals surface area contributed by atoms with Crippen molar-refractivity contribution in [1.29, 1.82) is 0 Å². The second-order valence-electron chi connectivity index (χ2n) is 6.39. The van der Waals surface area contributed by atoms with Crippen molar-refractivity contribution in [3.63, 3.8) is 0 Å². The Morgan fingerprint density at radius 1 is 1.14 bits per heavy atom. The first-order chi connectivity index (χ1) is 9.90. The van der Waals surface area contributed by atoms with Gasteiger partial charge in [-0.25, -0.2) is 0 Å². The minimum Gasteiger partial charge on any atom is -0.486 e. The van der Waals surface area contributed by atoms with Gasteiger partial charge in [0.2, 0.25) is 0 Å². The van der Waals surface area contributed by atoms with Crippen LogP contribution in [0.1, 0.15) is 43.4 Å². The molecular weight excluding hydrogens is 262 g/mol. The Morgan fingerprint density at radius 2 is 1.81 bits per heavy atom. The van der Waals surface area contributed by atoms with Gasteiger partial charge in [-0.1, -0.05) is 32.9 Å². The van der Waals surface area contributed by atoms with Gasteiger partial charge in [-0.15, -0.1) is 0 Å². The minimum atomic E-state index is 0.165. The maximum Gasteiger partial charge on any atom is 0.146 e. The van der Waals surface area contributed by atoms with E-state index in [0.29, 0.717) is 6.61 Å². The Hall–Kier alpha value is -1.74. The lowest BCUT2D eigenvalue weighted by Crippen LogP contribution is -2.10. The van der Waals surface area contributed by atoms with Crippen LogP contribution >= 0.6 is 0 Å². The second-order valence-corrected chi connectivity index (χ2v) is 6.39. The molecule has 1 heterocycles. The molecule has 0 saturated heterocycles. The lowest BCUT2D eigenvalue weighted by Gasteiger charge is -2.19. The molecule has 1 N–H and O–H groups in total. The molecule has 0 fully saturated rings. The van der Waals surface area contributed by atoms with Crippen LogP contribution in [0.15, 0.2) is 34.7 Å². The third kappa shape index (κ3) is 4.11. The molecular formula is C18H25NO2. The molecule has 2 aromatic rings. The molecule has 1 aromatic heterocycles. The second kappa shape index (κ2) is 6.35. The number of aryl methyl sites for hydroxylation is 1. The number of ether oxygens (including phenoxy) is 1. The van der Waals surface area contributed by atoms with Gasteiger partial charge < -0.3 is 14.5 Å². The van der Waals surface area contributed by atoms with Crippen molar-refractivity contribution in [3.8, 4) is 5.75 Å². The summed E-state index contributed by atoms with van der Waals surface area (Å²) in [6.45, 7) is 9.87. The Bertz CT molecular complexity index is 576. The highest BCUT2D eigenvalue weighted by Gasteiger charge is 2.13. The van der Waals surface area contributed by atoms with Crippen molar-refractivity contribution in [2.45, 2.75) is 46.3 Å². The summed E-state index contributed by atoms with van der Waals surface area (Å²) in [6, 6.07) is 10.3. The van der Waals surface area contributed by atoms with E-state index in [1.807, 2.05) is 26.1 Å². The van der Waals surface area contributed by atoms with E-state index in [1.165, 1.54) is 11.1 Å². The number of benzene rings is 1. The quantitative estimate of drug-likeness (QED) is 0.895. The first kappa shape index (κ1) is 15.6. The van der Waals surface area contributed by atoms with Crippen LogP contribution in [0.5, 0.6) is 5.75 Å². The van der Waals surface area contributed by atoms with Gasteiger partial charge in [0.1, 0.15) is 23.9 Å². The molecule has 0 amide bonds. The highest BCUT2D eigenvalue weighted by molar-refractivity contribution is 5.31. The van der Waals surface area contributed by atoms with Gasteiger partial charge in [0, 0.05) is 12.1 Å². The largest absolute Gasteiger partial charge is 0.486 e. The van der Waals surface area contributed by atoms with Crippen molar-refractivity contribution in [2.24, 2.45) is 0 Å². The van der Waals surface area contributed by atoms with Crippen LogP contribution in [-0.2, 0) is 18.6 Å². The minimum absolute atomic E-state index is 0.165. The van der Waals surface area contributed by atoms with Gasteiger partial charge in [-0.3, -0.25) is 0 Å². The van der Waals surface area contributed by atoms with Crippen molar-refractivity contribution in [3.05, 3.63) is 53.0 Å². The predicted octanol–water partition coefficient (Wildman–Crippen LogP) is 4.18. The van der Waals surface area contributed by atoms with Gasteiger partial charge in [0.15, 0.2) is 0 Å². The van der Waals surface area contributed by atoms with Gasteiger partial charge in [0.05, 0.1) is 0 Å². The molecule has 0 unspecified atom stereocenters. The van der Waals surface area contributed by atoms with Crippen LogP contribution in [0.3, 0.4) is 0 Å². The highest BCUT2D eigenvalue weighted by Crippen LogP contribution is 2.25. The van der Waals surface area contributed by atoms with Gasteiger partial charge >= 0.3 is 0 Å². The number of hydrogen-bond acceptors (Lipinski definition) is 3. The summed E-state index contributed by atoms with van der Waals surface area (Å²) in [4.78, 5) is 0. The molecule has 0 spiro atoms. The van der Waals surface area contributed by atoms with E-state index in [9.17, 15) is 0 Å². The molecule has 0 aliphatic heterocycles. The summed E-state index contributed by atoms with van der Waals surface area (Å²) in [5, 5.41) is 3.13. The van der Waals surface area contributed by atoms with E-state index in [-0.39, 0.29) is 5.41 Å². The van der Waals surface area contributed by atoms with Gasteiger partial charge in [0.25, 0.3) is 0 Å². The zero-order valence-corrected chi connectivity index (χ0v) is 13.6. The van der Waals surface area contributed by atoms with Crippen LogP contribution in [0.4, 0.5) is 0 Å². The summed E-state index contributed by atoms with van der Waals surface area (Å²) in [7, 11) is 1.93. The molecule has 0 bridgehead atoms.